The van der Waals surface area contributed by atoms with Gasteiger partial charge in [0.2, 0.25) is 0 Å². The van der Waals surface area contributed by atoms with Crippen LogP contribution in [0.2, 0.25) is 0 Å². The number of hydrogen-bond donors (Lipinski definition) is 1. The van der Waals surface area contributed by atoms with Crippen molar-refractivity contribution in [2.75, 3.05) is 27.2 Å². The molecule has 0 radical (unpaired) electrons. The van der Waals surface area contributed by atoms with Crippen LogP contribution in [-0.2, 0) is 6.42 Å². The van der Waals surface area contributed by atoms with Crippen molar-refractivity contribution in [3.63, 3.8) is 0 Å². The third-order valence-corrected chi connectivity index (χ3v) is 3.32. The maximum Gasteiger partial charge on any atom is 0.0323 e. The number of likely N-dealkylation sites (N-methyl/N-ethyl adjacent to an activating group) is 1. The van der Waals surface area contributed by atoms with E-state index >= 15 is 0 Å². The lowest BCUT2D eigenvalue weighted by Crippen LogP contribution is -2.18. The molecule has 2 nitrogen and oxygen atoms in total. The van der Waals surface area contributed by atoms with Crippen molar-refractivity contribution in [1.29, 1.82) is 0 Å². The van der Waals surface area contributed by atoms with Crippen LogP contribution in [-0.4, -0.2) is 32.1 Å². The van der Waals surface area contributed by atoms with Gasteiger partial charge in [-0.15, -0.1) is 0 Å². The molecule has 1 aromatic carbocycles. The summed E-state index contributed by atoms with van der Waals surface area (Å²) >= 11 is 0. The molecular weight excluding hydrogens is 196 g/mol. The molecule has 1 N–H and O–H groups in total. The number of rotatable bonds is 4. The van der Waals surface area contributed by atoms with Gasteiger partial charge in [-0.2, -0.15) is 0 Å². The number of hydrogen-bond acceptors (Lipinski definition) is 2. The van der Waals surface area contributed by atoms with Gasteiger partial charge >= 0.3 is 0 Å². The van der Waals surface area contributed by atoms with Gasteiger partial charge in [0, 0.05) is 12.6 Å². The van der Waals surface area contributed by atoms with Crippen molar-refractivity contribution in [2.24, 2.45) is 0 Å². The summed E-state index contributed by atoms with van der Waals surface area (Å²) in [7, 11) is 4.27. The van der Waals surface area contributed by atoms with E-state index in [1.165, 1.54) is 30.5 Å². The smallest absolute Gasteiger partial charge is 0.0323 e. The lowest BCUT2D eigenvalue weighted by atomic mass is 9.97. The van der Waals surface area contributed by atoms with Crippen molar-refractivity contribution in [3.8, 4) is 0 Å². The summed E-state index contributed by atoms with van der Waals surface area (Å²) in [5.74, 6) is 0. The van der Waals surface area contributed by atoms with E-state index in [2.05, 4.69) is 48.6 Å². The molecule has 2 rings (SSSR count). The molecule has 1 aliphatic rings. The van der Waals surface area contributed by atoms with Crippen molar-refractivity contribution in [3.05, 3.63) is 35.4 Å². The molecule has 1 saturated heterocycles. The summed E-state index contributed by atoms with van der Waals surface area (Å²) < 4.78 is 0. The highest BCUT2D eigenvalue weighted by Gasteiger charge is 2.18. The maximum atomic E-state index is 3.59. The Hall–Kier alpha value is -0.860. The Labute approximate surface area is 98.7 Å². The van der Waals surface area contributed by atoms with Crippen LogP contribution in [0.25, 0.3) is 0 Å². The predicted octanol–water partition coefficient (Wildman–Crippen LogP) is 2.22. The molecule has 16 heavy (non-hydrogen) atoms. The van der Waals surface area contributed by atoms with Crippen molar-refractivity contribution in [1.82, 2.24) is 10.2 Å². The molecule has 1 fully saturated rings. The Morgan fingerprint density at radius 3 is 2.81 bits per heavy atom. The molecule has 0 amide bonds. The molecule has 1 aromatic rings. The third-order valence-electron chi connectivity index (χ3n) is 3.32. The van der Waals surface area contributed by atoms with Crippen molar-refractivity contribution < 1.29 is 0 Å². The van der Waals surface area contributed by atoms with Crippen LogP contribution in [0, 0.1) is 0 Å². The molecule has 0 spiro atoms. The standard InChI is InChI=1S/C14H22N2/c1-16(2)11-9-12-6-3-4-7-13(12)14-8-5-10-15-14/h3-4,6-7,14-15H,5,8-11H2,1-2H3. The molecule has 1 unspecified atom stereocenters. The highest BCUT2D eigenvalue weighted by Crippen LogP contribution is 2.26. The Bertz CT molecular complexity index is 327. The molecule has 0 bridgehead atoms. The second-order valence-corrected chi connectivity index (χ2v) is 4.90. The summed E-state index contributed by atoms with van der Waals surface area (Å²) in [6.45, 7) is 2.30. The van der Waals surface area contributed by atoms with Crippen molar-refractivity contribution >= 4 is 0 Å². The summed E-state index contributed by atoms with van der Waals surface area (Å²) in [5, 5.41) is 3.59. The molecule has 1 heterocycles. The minimum absolute atomic E-state index is 0.596. The van der Waals surface area contributed by atoms with Crippen LogP contribution in [0.1, 0.15) is 30.0 Å². The molecule has 88 valence electrons. The second-order valence-electron chi connectivity index (χ2n) is 4.90. The summed E-state index contributed by atoms with van der Waals surface area (Å²) in [5.41, 5.74) is 3.03. The van der Waals surface area contributed by atoms with Gasteiger partial charge in [0.15, 0.2) is 0 Å². The quantitative estimate of drug-likeness (QED) is 0.833. The van der Waals surface area contributed by atoms with Crippen LogP contribution in [0.3, 0.4) is 0 Å². The van der Waals surface area contributed by atoms with Gasteiger partial charge in [-0.25, -0.2) is 0 Å². The first-order valence-electron chi connectivity index (χ1n) is 6.23. The number of nitrogens with zero attached hydrogens (tertiary/aromatic N) is 1. The summed E-state index contributed by atoms with van der Waals surface area (Å²) in [4.78, 5) is 2.25. The average Bonchev–Trinajstić information content (AvgIpc) is 2.80. The summed E-state index contributed by atoms with van der Waals surface area (Å²) in [6, 6.07) is 9.48. The molecular formula is C14H22N2. The SMILES string of the molecule is CN(C)CCc1ccccc1C1CCCN1. The molecule has 2 heteroatoms. The zero-order chi connectivity index (χ0) is 11.4. The van der Waals surface area contributed by atoms with E-state index in [9.17, 15) is 0 Å². The monoisotopic (exact) mass is 218 g/mol. The number of benzene rings is 1. The normalized spacial score (nSPS) is 20.6. The van der Waals surface area contributed by atoms with E-state index in [-0.39, 0.29) is 0 Å². The van der Waals surface area contributed by atoms with Crippen LogP contribution in [0.4, 0.5) is 0 Å². The topological polar surface area (TPSA) is 15.3 Å². The van der Waals surface area contributed by atoms with Gasteiger partial charge in [-0.1, -0.05) is 24.3 Å². The zero-order valence-electron chi connectivity index (χ0n) is 10.4. The van der Waals surface area contributed by atoms with Crippen LogP contribution in [0.5, 0.6) is 0 Å². The van der Waals surface area contributed by atoms with Gasteiger partial charge in [0.05, 0.1) is 0 Å². The average molecular weight is 218 g/mol. The summed E-state index contributed by atoms with van der Waals surface area (Å²) in [6.07, 6.45) is 3.76. The Balaban J connectivity index is 2.10. The molecule has 0 aromatic heterocycles. The molecule has 0 saturated carbocycles. The van der Waals surface area contributed by atoms with Gasteiger partial charge in [0.1, 0.15) is 0 Å². The number of nitrogens with one attached hydrogen (secondary N) is 1. The molecule has 1 atom stereocenters. The van der Waals surface area contributed by atoms with Crippen LogP contribution >= 0.6 is 0 Å². The minimum Gasteiger partial charge on any atom is -0.310 e. The van der Waals surface area contributed by atoms with E-state index in [0.717, 1.165) is 13.0 Å². The third kappa shape index (κ3) is 2.83. The maximum absolute atomic E-state index is 3.59. The van der Waals surface area contributed by atoms with Crippen LogP contribution < -0.4 is 5.32 Å². The first-order chi connectivity index (χ1) is 7.77. The van der Waals surface area contributed by atoms with Gasteiger partial charge in [-0.05, 0) is 51.0 Å². The predicted molar refractivity (Wildman–Crippen MR) is 68.7 cm³/mol. The highest BCUT2D eigenvalue weighted by molar-refractivity contribution is 5.31. The zero-order valence-corrected chi connectivity index (χ0v) is 10.4. The fourth-order valence-corrected chi connectivity index (χ4v) is 2.40. The van der Waals surface area contributed by atoms with E-state index in [1.54, 1.807) is 0 Å². The Kier molecular flexibility index (Phi) is 3.97. The van der Waals surface area contributed by atoms with Crippen LogP contribution in [0.15, 0.2) is 24.3 Å². The first-order valence-corrected chi connectivity index (χ1v) is 6.23. The molecule has 0 aliphatic carbocycles. The minimum atomic E-state index is 0.596. The largest absolute Gasteiger partial charge is 0.310 e. The lowest BCUT2D eigenvalue weighted by Gasteiger charge is -2.17. The fourth-order valence-electron chi connectivity index (χ4n) is 2.40. The molecule has 1 aliphatic heterocycles. The van der Waals surface area contributed by atoms with Gasteiger partial charge < -0.3 is 10.2 Å². The lowest BCUT2D eigenvalue weighted by molar-refractivity contribution is 0.412. The first kappa shape index (κ1) is 11.6. The second kappa shape index (κ2) is 5.46. The van der Waals surface area contributed by atoms with Gasteiger partial charge in [0.25, 0.3) is 0 Å². The highest BCUT2D eigenvalue weighted by atomic mass is 15.0. The Morgan fingerprint density at radius 2 is 2.12 bits per heavy atom. The Morgan fingerprint density at radius 1 is 1.31 bits per heavy atom. The van der Waals surface area contributed by atoms with E-state index < -0.39 is 0 Å². The fraction of sp³-hybridized carbons (Fsp3) is 0.571. The van der Waals surface area contributed by atoms with E-state index in [1.807, 2.05) is 0 Å². The van der Waals surface area contributed by atoms with Gasteiger partial charge in [-0.3, -0.25) is 0 Å². The van der Waals surface area contributed by atoms with Crippen molar-refractivity contribution in [2.45, 2.75) is 25.3 Å². The van der Waals surface area contributed by atoms with E-state index in [0.29, 0.717) is 6.04 Å². The van der Waals surface area contributed by atoms with E-state index in [4.69, 9.17) is 0 Å².